The highest BCUT2D eigenvalue weighted by atomic mass is 32.1. The van der Waals surface area contributed by atoms with Crippen molar-refractivity contribution in [3.8, 4) is 0 Å². The molecule has 0 atom stereocenters. The first-order valence-electron chi connectivity index (χ1n) is 7.52. The number of thiophene rings is 1. The number of anilines is 1. The highest BCUT2D eigenvalue weighted by molar-refractivity contribution is 7.09. The second-order valence-corrected chi connectivity index (χ2v) is 6.70. The number of aromatic nitrogens is 2. The zero-order chi connectivity index (χ0) is 14.7. The van der Waals surface area contributed by atoms with E-state index in [2.05, 4.69) is 51.4 Å². The third-order valence-corrected chi connectivity index (χ3v) is 5.04. The molecule has 0 spiro atoms. The van der Waals surface area contributed by atoms with E-state index < -0.39 is 0 Å². The van der Waals surface area contributed by atoms with E-state index in [-0.39, 0.29) is 0 Å². The second-order valence-electron chi connectivity index (χ2n) is 5.67. The Labute approximate surface area is 130 Å². The van der Waals surface area contributed by atoms with Crippen molar-refractivity contribution in [3.05, 3.63) is 39.7 Å². The van der Waals surface area contributed by atoms with E-state index in [1.165, 1.54) is 22.4 Å². The van der Waals surface area contributed by atoms with Crippen molar-refractivity contribution in [2.75, 3.05) is 31.1 Å². The maximum Gasteiger partial charge on any atom is 0.154 e. The van der Waals surface area contributed by atoms with E-state index in [1.54, 1.807) is 0 Å². The van der Waals surface area contributed by atoms with Crippen molar-refractivity contribution in [3.63, 3.8) is 0 Å². The Morgan fingerprint density at radius 2 is 2.10 bits per heavy atom. The first kappa shape index (κ1) is 14.5. The summed E-state index contributed by atoms with van der Waals surface area (Å²) in [6.45, 7) is 9.68. The predicted molar refractivity (Wildman–Crippen MR) is 87.9 cm³/mol. The molecule has 0 N–H and O–H groups in total. The summed E-state index contributed by atoms with van der Waals surface area (Å²) in [5.74, 6) is 1.06. The van der Waals surface area contributed by atoms with Crippen molar-refractivity contribution < 1.29 is 0 Å². The van der Waals surface area contributed by atoms with Crippen LogP contribution in [-0.4, -0.2) is 41.3 Å². The lowest BCUT2D eigenvalue weighted by atomic mass is 10.2. The average molecular weight is 302 g/mol. The number of hydrogen-bond acceptors (Lipinski definition) is 5. The lowest BCUT2D eigenvalue weighted by molar-refractivity contribution is 0.288. The molecule has 3 heterocycles. The smallest absolute Gasteiger partial charge is 0.154 e. The number of hydrogen-bond donors (Lipinski definition) is 0. The molecule has 5 heteroatoms. The van der Waals surface area contributed by atoms with Crippen LogP contribution in [-0.2, 0) is 6.54 Å². The first-order chi connectivity index (χ1) is 10.2. The van der Waals surface area contributed by atoms with Crippen LogP contribution in [0.25, 0.3) is 0 Å². The molecule has 0 unspecified atom stereocenters. The second kappa shape index (κ2) is 6.54. The van der Waals surface area contributed by atoms with Gasteiger partial charge in [0.05, 0.1) is 6.20 Å². The van der Waals surface area contributed by atoms with E-state index in [4.69, 9.17) is 0 Å². The van der Waals surface area contributed by atoms with Gasteiger partial charge in [0.15, 0.2) is 5.82 Å². The minimum atomic E-state index is 1.03. The van der Waals surface area contributed by atoms with Gasteiger partial charge in [0.2, 0.25) is 0 Å². The zero-order valence-corrected chi connectivity index (χ0v) is 13.6. The van der Waals surface area contributed by atoms with Crippen LogP contribution in [0.1, 0.15) is 22.4 Å². The molecule has 0 aromatic carbocycles. The van der Waals surface area contributed by atoms with E-state index in [1.807, 2.05) is 17.5 Å². The summed E-state index contributed by atoms with van der Waals surface area (Å²) in [5, 5.41) is 10.6. The Morgan fingerprint density at radius 1 is 1.19 bits per heavy atom. The molecule has 0 amide bonds. The number of rotatable bonds is 3. The minimum absolute atomic E-state index is 1.03. The van der Waals surface area contributed by atoms with Gasteiger partial charge in [0.25, 0.3) is 0 Å². The van der Waals surface area contributed by atoms with Crippen LogP contribution in [0.2, 0.25) is 0 Å². The molecule has 2 aromatic heterocycles. The molecule has 1 aliphatic rings. The lowest BCUT2D eigenvalue weighted by Crippen LogP contribution is -2.31. The van der Waals surface area contributed by atoms with E-state index in [9.17, 15) is 0 Å². The Morgan fingerprint density at radius 3 is 2.90 bits per heavy atom. The van der Waals surface area contributed by atoms with Crippen molar-refractivity contribution in [2.45, 2.75) is 26.8 Å². The van der Waals surface area contributed by atoms with E-state index in [0.29, 0.717) is 0 Å². The quantitative estimate of drug-likeness (QED) is 0.873. The molecular weight excluding hydrogens is 280 g/mol. The van der Waals surface area contributed by atoms with Gasteiger partial charge in [-0.1, -0.05) is 6.07 Å². The van der Waals surface area contributed by atoms with Crippen LogP contribution in [0.15, 0.2) is 23.7 Å². The van der Waals surface area contributed by atoms with Crippen LogP contribution >= 0.6 is 11.3 Å². The lowest BCUT2D eigenvalue weighted by Gasteiger charge is -2.23. The van der Waals surface area contributed by atoms with Crippen LogP contribution in [0, 0.1) is 13.8 Å². The van der Waals surface area contributed by atoms with Crippen molar-refractivity contribution >= 4 is 17.2 Å². The molecule has 2 aromatic rings. The zero-order valence-electron chi connectivity index (χ0n) is 12.7. The molecular formula is C16H22N4S. The molecule has 112 valence electrons. The van der Waals surface area contributed by atoms with Crippen molar-refractivity contribution in [1.82, 2.24) is 15.1 Å². The van der Waals surface area contributed by atoms with Gasteiger partial charge in [-0.3, -0.25) is 4.90 Å². The first-order valence-corrected chi connectivity index (χ1v) is 8.40. The molecule has 21 heavy (non-hydrogen) atoms. The summed E-state index contributed by atoms with van der Waals surface area (Å²) in [6, 6.07) is 4.36. The highest BCUT2D eigenvalue weighted by Gasteiger charge is 2.18. The topological polar surface area (TPSA) is 32.3 Å². The third kappa shape index (κ3) is 3.41. The molecule has 0 aliphatic carbocycles. The fraction of sp³-hybridized carbons (Fsp3) is 0.500. The monoisotopic (exact) mass is 302 g/mol. The Kier molecular flexibility index (Phi) is 4.51. The predicted octanol–water partition coefficient (Wildman–Crippen LogP) is 2.87. The normalized spacial score (nSPS) is 17.0. The van der Waals surface area contributed by atoms with Crippen LogP contribution in [0.5, 0.6) is 0 Å². The van der Waals surface area contributed by atoms with Gasteiger partial charge in [0, 0.05) is 37.6 Å². The maximum atomic E-state index is 4.36. The minimum Gasteiger partial charge on any atom is -0.354 e. The SMILES string of the molecule is Cc1cnnc(N2CCCN(Cc3cccs3)CC2)c1C. The third-order valence-electron chi connectivity index (χ3n) is 4.18. The van der Waals surface area contributed by atoms with Crippen LogP contribution < -0.4 is 4.90 Å². The number of nitrogens with zero attached hydrogens (tertiary/aromatic N) is 4. The van der Waals surface area contributed by atoms with Gasteiger partial charge in [-0.05, 0) is 42.8 Å². The summed E-state index contributed by atoms with van der Waals surface area (Å²) >= 11 is 1.85. The summed E-state index contributed by atoms with van der Waals surface area (Å²) in [6.07, 6.45) is 3.03. The fourth-order valence-corrected chi connectivity index (χ4v) is 3.53. The van der Waals surface area contributed by atoms with Gasteiger partial charge < -0.3 is 4.90 Å². The van der Waals surface area contributed by atoms with Crippen molar-refractivity contribution in [1.29, 1.82) is 0 Å². The molecule has 0 radical (unpaired) electrons. The van der Waals surface area contributed by atoms with E-state index >= 15 is 0 Å². The average Bonchev–Trinajstić information content (AvgIpc) is 2.88. The maximum absolute atomic E-state index is 4.36. The van der Waals surface area contributed by atoms with Gasteiger partial charge in [-0.2, -0.15) is 5.10 Å². The van der Waals surface area contributed by atoms with Gasteiger partial charge >= 0.3 is 0 Å². The molecule has 0 bridgehead atoms. The summed E-state index contributed by atoms with van der Waals surface area (Å²) in [7, 11) is 0. The molecule has 1 aliphatic heterocycles. The van der Waals surface area contributed by atoms with Gasteiger partial charge in [-0.25, -0.2) is 0 Å². The van der Waals surface area contributed by atoms with Crippen LogP contribution in [0.3, 0.4) is 0 Å². The Hall–Kier alpha value is -1.46. The van der Waals surface area contributed by atoms with Crippen molar-refractivity contribution in [2.24, 2.45) is 0 Å². The molecule has 1 fully saturated rings. The number of aryl methyl sites for hydroxylation is 1. The van der Waals surface area contributed by atoms with E-state index in [0.717, 1.165) is 38.5 Å². The standard InChI is InChI=1S/C16H22N4S/c1-13-11-17-18-16(14(13)2)20-7-4-6-19(8-9-20)12-15-5-3-10-21-15/h3,5,10-11H,4,6-9,12H2,1-2H3. The fourth-order valence-electron chi connectivity index (χ4n) is 2.78. The van der Waals surface area contributed by atoms with Gasteiger partial charge in [-0.15, -0.1) is 16.4 Å². The Balaban J connectivity index is 1.66. The highest BCUT2D eigenvalue weighted by Crippen LogP contribution is 2.21. The summed E-state index contributed by atoms with van der Waals surface area (Å²) in [4.78, 5) is 6.39. The van der Waals surface area contributed by atoms with Gasteiger partial charge in [0.1, 0.15) is 0 Å². The molecule has 3 rings (SSSR count). The molecule has 0 saturated carbocycles. The largest absolute Gasteiger partial charge is 0.354 e. The Bertz CT molecular complexity index is 582. The molecule has 4 nitrogen and oxygen atoms in total. The summed E-state index contributed by atoms with van der Waals surface area (Å²) in [5.41, 5.74) is 2.48. The molecule has 1 saturated heterocycles. The summed E-state index contributed by atoms with van der Waals surface area (Å²) < 4.78 is 0. The van der Waals surface area contributed by atoms with Crippen LogP contribution in [0.4, 0.5) is 5.82 Å².